The molecule has 0 saturated carbocycles. The van der Waals surface area contributed by atoms with Crippen LogP contribution in [0.2, 0.25) is 0 Å². The van der Waals surface area contributed by atoms with Crippen LogP contribution in [0.1, 0.15) is 13.4 Å². The predicted octanol–water partition coefficient (Wildman–Crippen LogP) is -0.392. The van der Waals surface area contributed by atoms with Gasteiger partial charge < -0.3 is 17.2 Å². The molecular weight excluding hydrogens is 521 g/mol. The topological polar surface area (TPSA) is 116 Å². The molecule has 2 fully saturated rings. The molecule has 3 heterocycles. The normalized spacial score (nSPS) is 21.9. The summed E-state index contributed by atoms with van der Waals surface area (Å²) in [4.78, 5) is 52.9. The number of rotatable bonds is 7. The van der Waals surface area contributed by atoms with Crippen molar-refractivity contribution in [1.82, 2.24) is 15.5 Å². The van der Waals surface area contributed by atoms with Crippen molar-refractivity contribution in [2.75, 3.05) is 18.1 Å². The van der Waals surface area contributed by atoms with E-state index in [-0.39, 0.29) is 54.2 Å². The molecule has 2 atom stereocenters. The first-order chi connectivity index (χ1) is 17.5. The Balaban J connectivity index is 0.00000200. The molecule has 2 aromatic rings. The zero-order valence-corrected chi connectivity index (χ0v) is 23.7. The van der Waals surface area contributed by atoms with E-state index in [0.717, 1.165) is 10.5 Å². The molecule has 186 valence electrons. The van der Waals surface area contributed by atoms with Gasteiger partial charge >= 0.3 is 35.5 Å². The number of allylic oxidation sites excluding steroid dienone is 1. The molecule has 11 heteroatoms. The Morgan fingerprint density at radius 1 is 1.11 bits per heavy atom. The van der Waals surface area contributed by atoms with Gasteiger partial charge in [-0.05, 0) is 29.7 Å². The second-order valence-electron chi connectivity index (χ2n) is 8.41. The van der Waals surface area contributed by atoms with Crippen molar-refractivity contribution in [2.45, 2.75) is 22.7 Å². The molecule has 0 unspecified atom stereocenters. The van der Waals surface area contributed by atoms with Gasteiger partial charge in [0.1, 0.15) is 17.1 Å². The third-order valence-electron chi connectivity index (χ3n) is 6.20. The van der Waals surface area contributed by atoms with Gasteiger partial charge in [-0.3, -0.25) is 19.3 Å². The summed E-state index contributed by atoms with van der Waals surface area (Å²) >= 11 is 2.76. The van der Waals surface area contributed by atoms with Crippen LogP contribution >= 0.6 is 23.5 Å². The number of carbonyl (C=O) groups excluding carboxylic acids is 3. The molecule has 0 aliphatic carbocycles. The summed E-state index contributed by atoms with van der Waals surface area (Å²) in [5, 5.41) is 15.2. The van der Waals surface area contributed by atoms with Crippen LogP contribution in [-0.2, 0) is 19.2 Å². The number of nitrogens with zero attached hydrogens (tertiary/aromatic N) is 1. The molecule has 2 aromatic carbocycles. The largest absolute Gasteiger partial charge is 1.00 e. The average molecular weight is 546 g/mol. The van der Waals surface area contributed by atoms with Gasteiger partial charge in [0.15, 0.2) is 0 Å². The van der Waals surface area contributed by atoms with Gasteiger partial charge in [0.2, 0.25) is 11.8 Å². The number of carboxylic acids is 1. The quantitative estimate of drug-likeness (QED) is 0.188. The Kier molecular flexibility index (Phi) is 8.86. The summed E-state index contributed by atoms with van der Waals surface area (Å²) in [5.74, 6) is -1.77. The van der Waals surface area contributed by atoms with Crippen molar-refractivity contribution in [1.29, 1.82) is 0 Å². The van der Waals surface area contributed by atoms with Gasteiger partial charge in [-0.2, -0.15) is 0 Å². The minimum atomic E-state index is -1.24. The van der Waals surface area contributed by atoms with Gasteiger partial charge in [-0.1, -0.05) is 48.5 Å². The SMILES string of the molecule is O=C(CSc1ccccc1)N[C@@H]1C(=O)N2C(C(=O)O)=C(C(=C3CCNC3=O)c3ccccc3)CS[C@H]12.[H-].[Na+]. The second kappa shape index (κ2) is 11.9. The number of benzene rings is 2. The number of β-lactam (4-membered cyclic amide) rings is 1. The number of carboxylic acid groups (broad SMARTS) is 1. The van der Waals surface area contributed by atoms with E-state index in [1.54, 1.807) is 0 Å². The van der Waals surface area contributed by atoms with Gasteiger partial charge in [0.05, 0.1) is 5.75 Å². The standard InChI is InChI=1S/C26H23N3O5S2.Na.H/c30-19(14-35-16-9-5-2-6-10-16)28-21-24(32)29-22(26(33)34)18(13-36-25(21)29)20(15-7-3-1-4-8-15)17-11-12-27-23(17)31;;/h1-10,21,25H,11-14H2,(H,27,31)(H,28,30)(H,33,34);;/q;+1;-1/t21-,25-;;/m1../s1. The van der Waals surface area contributed by atoms with Crippen LogP contribution in [0.15, 0.2) is 82.4 Å². The minimum absolute atomic E-state index is 0. The third-order valence-corrected chi connectivity index (χ3v) is 8.49. The summed E-state index contributed by atoms with van der Waals surface area (Å²) in [6.45, 7) is 0.480. The summed E-state index contributed by atoms with van der Waals surface area (Å²) in [7, 11) is 0. The number of aliphatic carboxylic acids is 1. The van der Waals surface area contributed by atoms with Crippen LogP contribution in [0.5, 0.6) is 0 Å². The molecule has 3 N–H and O–H groups in total. The Hall–Kier alpha value is -2.50. The van der Waals surface area contributed by atoms with Gasteiger partial charge in [0, 0.05) is 28.3 Å². The van der Waals surface area contributed by atoms with Crippen molar-refractivity contribution in [2.24, 2.45) is 0 Å². The fourth-order valence-corrected chi connectivity index (χ4v) is 6.67. The van der Waals surface area contributed by atoms with Crippen molar-refractivity contribution in [3.63, 3.8) is 0 Å². The molecule has 37 heavy (non-hydrogen) atoms. The summed E-state index contributed by atoms with van der Waals surface area (Å²) in [6, 6.07) is 17.9. The van der Waals surface area contributed by atoms with Crippen molar-refractivity contribution in [3.8, 4) is 0 Å². The fourth-order valence-electron chi connectivity index (χ4n) is 4.59. The maximum atomic E-state index is 13.1. The van der Waals surface area contributed by atoms with E-state index in [1.807, 2.05) is 60.7 Å². The number of hydrogen-bond donors (Lipinski definition) is 3. The molecule has 0 bridgehead atoms. The molecule has 3 aliphatic heterocycles. The molecule has 0 spiro atoms. The van der Waals surface area contributed by atoms with E-state index in [9.17, 15) is 24.3 Å². The van der Waals surface area contributed by atoms with E-state index >= 15 is 0 Å². The number of amides is 3. The van der Waals surface area contributed by atoms with Crippen molar-refractivity contribution in [3.05, 3.63) is 83.1 Å². The average Bonchev–Trinajstić information content (AvgIpc) is 3.32. The van der Waals surface area contributed by atoms with Gasteiger partial charge in [-0.25, -0.2) is 4.79 Å². The first kappa shape index (κ1) is 27.5. The van der Waals surface area contributed by atoms with E-state index in [2.05, 4.69) is 10.6 Å². The number of thioether (sulfide) groups is 2. The van der Waals surface area contributed by atoms with E-state index < -0.39 is 23.3 Å². The minimum Gasteiger partial charge on any atom is -1.00 e. The van der Waals surface area contributed by atoms with Crippen LogP contribution in [0.4, 0.5) is 0 Å². The fraction of sp³-hybridized carbons (Fsp3) is 0.231. The van der Waals surface area contributed by atoms with Crippen LogP contribution in [-0.4, -0.2) is 63.2 Å². The van der Waals surface area contributed by atoms with Crippen LogP contribution in [0.3, 0.4) is 0 Å². The van der Waals surface area contributed by atoms with Crippen LogP contribution < -0.4 is 40.2 Å². The molecular formula is C26H24N3NaO5S2. The Morgan fingerprint density at radius 2 is 1.78 bits per heavy atom. The second-order valence-corrected chi connectivity index (χ2v) is 10.6. The molecule has 3 aliphatic rings. The van der Waals surface area contributed by atoms with Gasteiger partial charge in [-0.15, -0.1) is 23.5 Å². The zero-order valence-electron chi connectivity index (χ0n) is 21.1. The number of carbonyl (C=O) groups is 4. The molecule has 2 saturated heterocycles. The van der Waals surface area contributed by atoms with Crippen molar-refractivity contribution < 1.29 is 55.3 Å². The number of nitrogens with one attached hydrogen (secondary N) is 2. The van der Waals surface area contributed by atoms with Gasteiger partial charge in [0.25, 0.3) is 5.91 Å². The molecule has 5 rings (SSSR count). The Bertz CT molecular complexity index is 1310. The zero-order chi connectivity index (χ0) is 25.2. The first-order valence-corrected chi connectivity index (χ1v) is 13.4. The Labute approximate surface area is 246 Å². The van der Waals surface area contributed by atoms with Crippen LogP contribution in [0, 0.1) is 0 Å². The Morgan fingerprint density at radius 3 is 2.41 bits per heavy atom. The third kappa shape index (κ3) is 5.53. The van der Waals surface area contributed by atoms with E-state index in [4.69, 9.17) is 0 Å². The van der Waals surface area contributed by atoms with Crippen molar-refractivity contribution >= 4 is 52.8 Å². The molecule has 3 amide bonds. The maximum Gasteiger partial charge on any atom is 1.00 e. The van der Waals surface area contributed by atoms with E-state index in [1.165, 1.54) is 28.4 Å². The summed E-state index contributed by atoms with van der Waals surface area (Å²) in [6.07, 6.45) is 0.471. The predicted molar refractivity (Wildman–Crippen MR) is 139 cm³/mol. The molecule has 8 nitrogen and oxygen atoms in total. The van der Waals surface area contributed by atoms with Crippen LogP contribution in [0.25, 0.3) is 5.57 Å². The number of fused-ring (bicyclic) bond motifs is 1. The summed E-state index contributed by atoms with van der Waals surface area (Å²) < 4.78 is 0. The molecule has 0 radical (unpaired) electrons. The first-order valence-electron chi connectivity index (χ1n) is 11.4. The number of hydrogen-bond acceptors (Lipinski definition) is 6. The summed E-state index contributed by atoms with van der Waals surface area (Å²) in [5.41, 5.74) is 2.13. The smallest absolute Gasteiger partial charge is 1.00 e. The molecule has 0 aromatic heterocycles. The van der Waals surface area contributed by atoms with E-state index in [0.29, 0.717) is 35.4 Å². The monoisotopic (exact) mass is 545 g/mol. The maximum absolute atomic E-state index is 13.1.